The summed E-state index contributed by atoms with van der Waals surface area (Å²) in [7, 11) is 3.54. The van der Waals surface area contributed by atoms with Crippen LogP contribution >= 0.6 is 0 Å². The van der Waals surface area contributed by atoms with Crippen molar-refractivity contribution in [3.63, 3.8) is 0 Å². The van der Waals surface area contributed by atoms with Crippen molar-refractivity contribution in [3.8, 4) is 0 Å². The number of urea groups is 1. The van der Waals surface area contributed by atoms with Gasteiger partial charge < -0.3 is 56.8 Å². The van der Waals surface area contributed by atoms with Crippen molar-refractivity contribution in [1.82, 2.24) is 50.8 Å². The summed E-state index contributed by atoms with van der Waals surface area (Å²) in [5.41, 5.74) is 10.0. The van der Waals surface area contributed by atoms with E-state index in [9.17, 15) is 33.6 Å². The molecular weight excluding hydrogens is 1030 g/mol. The fourth-order valence-electron chi connectivity index (χ4n) is 14.1. The second-order valence-electron chi connectivity index (χ2n) is 24.2. The maximum Gasteiger partial charge on any atom is 0.320 e. The van der Waals surface area contributed by atoms with Crippen LogP contribution in [0.2, 0.25) is 0 Å². The monoisotopic (exact) mass is 1110 g/mol. The Morgan fingerprint density at radius 3 is 2.23 bits per heavy atom. The number of hydrogen-bond acceptors (Lipinski definition) is 12. The van der Waals surface area contributed by atoms with Gasteiger partial charge in [-0.1, -0.05) is 62.1 Å². The van der Waals surface area contributed by atoms with Crippen LogP contribution in [-0.4, -0.2) is 161 Å². The minimum atomic E-state index is -0.821. The zero-order valence-corrected chi connectivity index (χ0v) is 47.7. The standard InChI is InChI=1S/C61H85N13O7/c1-38(63-2)56(76)69-52(42-13-5-4-6-14-42)60(80)74-36-46(34-50(74)58(78)67-49-20-10-15-41-12-7-8-19-48(41)49)66-57(77)43-16-9-17-44(22-21-43)59(79)71-30-27-40(28-31-71)39-23-25-45(26-24-39)65-55-53(54(62)75)64-35-51(68-55)72-29-11-18-47(37-72)73-33-32-70(3)61(73)81/h7-8,12,19,23-26,35,38,40,42-44,46-47,49-50,52,63H,4-6,9-11,13-18,20-22,27-34,36-37H2,1-3H3,(H2,62,75)(H,65,68)(H,66,77)(H,67,78)(H,69,76)/t38-,43?,44?,46-,47+,49+,50-,52-/m0/s1. The Bertz CT molecular complexity index is 2770. The fourth-order valence-corrected chi connectivity index (χ4v) is 14.1. The molecule has 436 valence electrons. The summed E-state index contributed by atoms with van der Waals surface area (Å²) in [6.07, 6.45) is 16.0. The van der Waals surface area contributed by atoms with Gasteiger partial charge in [-0.15, -0.1) is 0 Å². The number of likely N-dealkylation sites (N-methyl/N-ethyl adjacent to an activating group) is 2. The quantitative estimate of drug-likeness (QED) is 0.0973. The number of benzene rings is 2. The highest BCUT2D eigenvalue weighted by Crippen LogP contribution is 2.36. The lowest BCUT2D eigenvalue weighted by atomic mass is 9.83. The molecule has 20 heteroatoms. The zero-order valence-electron chi connectivity index (χ0n) is 47.7. The summed E-state index contributed by atoms with van der Waals surface area (Å²) < 4.78 is 0. The van der Waals surface area contributed by atoms with Crippen LogP contribution in [0.3, 0.4) is 0 Å². The van der Waals surface area contributed by atoms with Gasteiger partial charge in [0.15, 0.2) is 11.5 Å². The van der Waals surface area contributed by atoms with Crippen molar-refractivity contribution in [3.05, 3.63) is 77.1 Å². The number of likely N-dealkylation sites (tertiary alicyclic amines) is 2. The Morgan fingerprint density at radius 2 is 1.49 bits per heavy atom. The number of hydrogen-bond donors (Lipinski definition) is 6. The Morgan fingerprint density at radius 1 is 0.741 bits per heavy atom. The summed E-state index contributed by atoms with van der Waals surface area (Å²) in [6.45, 7) is 6.02. The van der Waals surface area contributed by atoms with Gasteiger partial charge in [-0.25, -0.2) is 14.8 Å². The van der Waals surface area contributed by atoms with Gasteiger partial charge >= 0.3 is 6.03 Å². The first-order valence-electron chi connectivity index (χ1n) is 30.3. The molecule has 4 aliphatic heterocycles. The molecule has 5 heterocycles. The number of rotatable bonds is 16. The highest BCUT2D eigenvalue weighted by atomic mass is 16.2. The van der Waals surface area contributed by atoms with Crippen molar-refractivity contribution in [1.29, 1.82) is 0 Å². The third kappa shape index (κ3) is 13.3. The molecule has 2 aromatic carbocycles. The largest absolute Gasteiger partial charge is 0.364 e. The van der Waals surface area contributed by atoms with Crippen LogP contribution in [-0.2, 0) is 30.4 Å². The van der Waals surface area contributed by atoms with Gasteiger partial charge in [-0.3, -0.25) is 28.8 Å². The van der Waals surface area contributed by atoms with Crippen LogP contribution in [0.15, 0.2) is 54.7 Å². The van der Waals surface area contributed by atoms with Crippen molar-refractivity contribution in [2.45, 2.75) is 165 Å². The van der Waals surface area contributed by atoms with Gasteiger partial charge in [0.1, 0.15) is 17.9 Å². The van der Waals surface area contributed by atoms with E-state index in [-0.39, 0.29) is 95.8 Å². The normalized spacial score (nSPS) is 25.6. The number of aryl methyl sites for hydroxylation is 1. The number of anilines is 3. The highest BCUT2D eigenvalue weighted by Gasteiger charge is 2.46. The lowest BCUT2D eigenvalue weighted by molar-refractivity contribution is -0.143. The Hall–Kier alpha value is -6.83. The number of nitrogens with zero attached hydrogens (tertiary/aromatic N) is 7. The van der Waals surface area contributed by atoms with E-state index in [4.69, 9.17) is 10.7 Å². The molecule has 20 nitrogen and oxygen atoms in total. The average molecular weight is 1110 g/mol. The average Bonchev–Trinajstić information content (AvgIpc) is 3.99. The van der Waals surface area contributed by atoms with E-state index in [2.05, 4.69) is 60.7 Å². The summed E-state index contributed by atoms with van der Waals surface area (Å²) in [4.78, 5) is 115. The minimum absolute atomic E-state index is 0.0439. The lowest BCUT2D eigenvalue weighted by Gasteiger charge is -2.37. The Labute approximate surface area is 476 Å². The van der Waals surface area contributed by atoms with Gasteiger partial charge in [0.05, 0.1) is 24.3 Å². The number of carbonyl (C=O) groups is 7. The predicted molar refractivity (Wildman–Crippen MR) is 308 cm³/mol. The molecule has 10 rings (SSSR count). The number of fused-ring (bicyclic) bond motifs is 1. The summed E-state index contributed by atoms with van der Waals surface area (Å²) >= 11 is 0. The molecule has 2 unspecified atom stereocenters. The first-order valence-corrected chi connectivity index (χ1v) is 30.3. The predicted octanol–water partition coefficient (Wildman–Crippen LogP) is 5.51. The number of piperidine rings is 2. The number of primary amides is 1. The second-order valence-corrected chi connectivity index (χ2v) is 24.2. The van der Waals surface area contributed by atoms with Gasteiger partial charge in [-0.05, 0) is 145 Å². The van der Waals surface area contributed by atoms with E-state index in [0.29, 0.717) is 57.8 Å². The first-order chi connectivity index (χ1) is 39.2. The minimum Gasteiger partial charge on any atom is -0.364 e. The summed E-state index contributed by atoms with van der Waals surface area (Å²) in [6, 6.07) is 13.6. The zero-order chi connectivity index (χ0) is 56.7. The topological polar surface area (TPSA) is 248 Å². The SMILES string of the molecule is CN[C@@H](C)C(=O)N[C@H](C(=O)N1C[C@@H](NC(=O)C2CCCC(C(=O)N3CCC(c4ccc(Nc5nc(N6CCC[C@@H](N7CCN(C)C7=O)C6)cnc5C(N)=O)cc4)CC3)CC2)C[C@H]1C(=O)N[C@@H]1CCCc2ccccc21)C1CCCCC1. The molecule has 3 aromatic rings. The first kappa shape index (κ1) is 57.4. The molecule has 0 radical (unpaired) electrons. The highest BCUT2D eigenvalue weighted by molar-refractivity contribution is 5.97. The smallest absolute Gasteiger partial charge is 0.320 e. The van der Waals surface area contributed by atoms with Crippen molar-refractivity contribution < 1.29 is 33.6 Å². The number of aromatic nitrogens is 2. The van der Waals surface area contributed by atoms with Gasteiger partial charge in [0.2, 0.25) is 29.5 Å². The van der Waals surface area contributed by atoms with Crippen molar-refractivity contribution in [2.75, 3.05) is 70.1 Å². The van der Waals surface area contributed by atoms with Crippen LogP contribution in [0.25, 0.3) is 0 Å². The number of nitrogens with two attached hydrogens (primary N) is 1. The van der Waals surface area contributed by atoms with E-state index in [1.54, 1.807) is 30.0 Å². The van der Waals surface area contributed by atoms with Crippen molar-refractivity contribution >= 4 is 58.8 Å². The van der Waals surface area contributed by atoms with Crippen LogP contribution in [0.5, 0.6) is 0 Å². The van der Waals surface area contributed by atoms with E-state index in [1.165, 1.54) is 11.1 Å². The van der Waals surface area contributed by atoms with Crippen LogP contribution in [0.1, 0.15) is 155 Å². The Balaban J connectivity index is 0.729. The molecule has 0 spiro atoms. The summed E-state index contributed by atoms with van der Waals surface area (Å²) in [5, 5.41) is 16.0. The number of amides is 8. The number of nitrogens with one attached hydrogen (secondary N) is 5. The molecule has 8 atom stereocenters. The molecular formula is C61H85N13O7. The van der Waals surface area contributed by atoms with Crippen LogP contribution in [0, 0.1) is 17.8 Å². The summed E-state index contributed by atoms with van der Waals surface area (Å²) in [5.74, 6) is -0.768. The van der Waals surface area contributed by atoms with E-state index < -0.39 is 30.1 Å². The van der Waals surface area contributed by atoms with Crippen LogP contribution < -0.4 is 37.2 Å². The molecule has 7 aliphatic rings. The molecule has 7 N–H and O–H groups in total. The molecule has 3 aliphatic carbocycles. The second kappa shape index (κ2) is 26.0. The van der Waals surface area contributed by atoms with Gasteiger partial charge in [-0.2, -0.15) is 0 Å². The molecule has 1 aromatic heterocycles. The van der Waals surface area contributed by atoms with E-state index >= 15 is 0 Å². The maximum atomic E-state index is 14.9. The Kier molecular flexibility index (Phi) is 18.4. The third-order valence-corrected chi connectivity index (χ3v) is 19.0. The molecule has 0 bridgehead atoms. The third-order valence-electron chi connectivity index (χ3n) is 19.0. The molecule has 8 amide bonds. The van der Waals surface area contributed by atoms with Gasteiger partial charge in [0.25, 0.3) is 5.91 Å². The van der Waals surface area contributed by atoms with Gasteiger partial charge in [0, 0.05) is 76.4 Å². The van der Waals surface area contributed by atoms with Crippen LogP contribution in [0.4, 0.5) is 22.1 Å². The van der Waals surface area contributed by atoms with Crippen molar-refractivity contribution in [2.24, 2.45) is 23.5 Å². The molecule has 4 saturated heterocycles. The molecule has 2 saturated carbocycles. The molecule has 81 heavy (non-hydrogen) atoms. The molecule has 6 fully saturated rings. The maximum absolute atomic E-state index is 14.9. The number of carbonyl (C=O) groups excluding carboxylic acids is 7. The lowest BCUT2D eigenvalue weighted by Crippen LogP contribution is -2.58. The van der Waals surface area contributed by atoms with E-state index in [1.807, 2.05) is 41.1 Å². The van der Waals surface area contributed by atoms with E-state index in [0.717, 1.165) is 108 Å². The fraction of sp³-hybridized carbons (Fsp3) is 0.623.